The number of carbonyl (C=O) groups excluding carboxylic acids is 3. The fourth-order valence-electron chi connectivity index (χ4n) is 2.44. The van der Waals surface area contributed by atoms with E-state index < -0.39 is 42.9 Å². The lowest BCUT2D eigenvalue weighted by Gasteiger charge is -2.16. The van der Waals surface area contributed by atoms with Gasteiger partial charge in [0.1, 0.15) is 12.6 Å². The second-order valence-electron chi connectivity index (χ2n) is 6.34. The number of carboxylic acid groups (broad SMARTS) is 1. The molecule has 30 heavy (non-hydrogen) atoms. The average molecular weight is 414 g/mol. The maximum absolute atomic E-state index is 12.2. The fraction of sp³-hybridized carbons (Fsp3) is 0.286. The number of amides is 1. The second-order valence-corrected chi connectivity index (χ2v) is 6.34. The van der Waals surface area contributed by atoms with E-state index in [4.69, 9.17) is 14.6 Å². The van der Waals surface area contributed by atoms with Gasteiger partial charge in [-0.05, 0) is 23.6 Å². The number of hydrogen-bond acceptors (Lipinski definition) is 7. The van der Waals surface area contributed by atoms with E-state index in [1.165, 1.54) is 0 Å². The molecule has 0 radical (unpaired) electrons. The van der Waals surface area contributed by atoms with Gasteiger partial charge in [0.25, 0.3) is 0 Å². The van der Waals surface area contributed by atoms with Gasteiger partial charge in [-0.3, -0.25) is 19.4 Å². The molecule has 9 nitrogen and oxygen atoms in total. The van der Waals surface area contributed by atoms with Crippen molar-refractivity contribution < 1.29 is 33.8 Å². The van der Waals surface area contributed by atoms with E-state index in [0.29, 0.717) is 6.42 Å². The summed E-state index contributed by atoms with van der Waals surface area (Å²) in [6.45, 7) is -0.688. The van der Waals surface area contributed by atoms with E-state index in [2.05, 4.69) is 10.3 Å². The number of hydrogen-bond donors (Lipinski definition) is 2. The number of Topliss-reactive ketones (excluding diaryl/α,β-unsaturated/α-hetero) is 1. The van der Waals surface area contributed by atoms with Gasteiger partial charge in [-0.15, -0.1) is 0 Å². The van der Waals surface area contributed by atoms with E-state index in [9.17, 15) is 19.2 Å². The monoisotopic (exact) mass is 414 g/mol. The molecule has 0 spiro atoms. The summed E-state index contributed by atoms with van der Waals surface area (Å²) >= 11 is 0. The number of rotatable bonds is 11. The van der Waals surface area contributed by atoms with Crippen molar-refractivity contribution in [2.75, 3.05) is 6.61 Å². The first kappa shape index (κ1) is 22.5. The zero-order valence-electron chi connectivity index (χ0n) is 16.2. The number of pyridine rings is 1. The van der Waals surface area contributed by atoms with Crippen LogP contribution in [-0.2, 0) is 36.9 Å². The number of benzene rings is 1. The number of ether oxygens (including phenoxy) is 2. The molecule has 0 saturated carbocycles. The van der Waals surface area contributed by atoms with Crippen LogP contribution in [0.15, 0.2) is 54.9 Å². The lowest BCUT2D eigenvalue weighted by molar-refractivity contribution is -0.149. The molecule has 0 bridgehead atoms. The molecule has 1 amide bonds. The van der Waals surface area contributed by atoms with Crippen LogP contribution < -0.4 is 5.32 Å². The van der Waals surface area contributed by atoms with Crippen molar-refractivity contribution in [3.05, 3.63) is 66.0 Å². The van der Waals surface area contributed by atoms with Crippen LogP contribution >= 0.6 is 0 Å². The van der Waals surface area contributed by atoms with Crippen LogP contribution in [0.5, 0.6) is 0 Å². The number of esters is 1. The fourth-order valence-corrected chi connectivity index (χ4v) is 2.44. The number of aryl methyl sites for hydroxylation is 1. The summed E-state index contributed by atoms with van der Waals surface area (Å²) in [6, 6.07) is 11.0. The van der Waals surface area contributed by atoms with E-state index in [1.54, 1.807) is 48.8 Å². The lowest BCUT2D eigenvalue weighted by atomic mass is 10.1. The largest absolute Gasteiger partial charge is 0.481 e. The van der Waals surface area contributed by atoms with Crippen molar-refractivity contribution in [2.24, 2.45) is 0 Å². The van der Waals surface area contributed by atoms with E-state index in [1.807, 2.05) is 6.07 Å². The molecule has 0 aliphatic carbocycles. The molecule has 1 aromatic heterocycles. The number of nitrogens with one attached hydrogen (secondary N) is 1. The van der Waals surface area contributed by atoms with Gasteiger partial charge < -0.3 is 19.9 Å². The number of alkyl carbamates (subject to hydrolysis) is 1. The van der Waals surface area contributed by atoms with Crippen molar-refractivity contribution in [1.82, 2.24) is 10.3 Å². The van der Waals surface area contributed by atoms with Crippen LogP contribution in [0.1, 0.15) is 24.0 Å². The number of nitrogens with zero attached hydrogens (tertiary/aromatic N) is 1. The molecule has 1 unspecified atom stereocenters. The summed E-state index contributed by atoms with van der Waals surface area (Å²) in [5.74, 6) is -2.66. The van der Waals surface area contributed by atoms with E-state index in [-0.39, 0.29) is 13.0 Å². The molecular weight excluding hydrogens is 392 g/mol. The van der Waals surface area contributed by atoms with Crippen LogP contribution in [0.3, 0.4) is 0 Å². The SMILES string of the molecule is O=C(O)CC(NC(=O)OCc1ccccc1)C(=O)COC(=O)CCc1cccnc1. The molecule has 0 fully saturated rings. The summed E-state index contributed by atoms with van der Waals surface area (Å²) < 4.78 is 9.90. The first-order valence-corrected chi connectivity index (χ1v) is 9.20. The predicted molar refractivity (Wildman–Crippen MR) is 104 cm³/mol. The molecule has 1 aromatic carbocycles. The Hall–Kier alpha value is -3.75. The van der Waals surface area contributed by atoms with Crippen molar-refractivity contribution in [1.29, 1.82) is 0 Å². The van der Waals surface area contributed by atoms with E-state index in [0.717, 1.165) is 11.1 Å². The van der Waals surface area contributed by atoms with Crippen molar-refractivity contribution in [3.63, 3.8) is 0 Å². The topological polar surface area (TPSA) is 132 Å². The lowest BCUT2D eigenvalue weighted by Crippen LogP contribution is -2.44. The van der Waals surface area contributed by atoms with Gasteiger partial charge in [0, 0.05) is 18.8 Å². The summed E-state index contributed by atoms with van der Waals surface area (Å²) in [4.78, 5) is 50.9. The Morgan fingerprint density at radius 1 is 1.00 bits per heavy atom. The number of aromatic nitrogens is 1. The van der Waals surface area contributed by atoms with Gasteiger partial charge in [0.2, 0.25) is 0 Å². The smallest absolute Gasteiger partial charge is 0.408 e. The summed E-state index contributed by atoms with van der Waals surface area (Å²) in [7, 11) is 0. The Morgan fingerprint density at radius 3 is 2.40 bits per heavy atom. The third-order valence-corrected chi connectivity index (χ3v) is 3.99. The molecule has 2 rings (SSSR count). The Morgan fingerprint density at radius 2 is 1.73 bits per heavy atom. The van der Waals surface area contributed by atoms with Crippen molar-refractivity contribution >= 4 is 23.8 Å². The van der Waals surface area contributed by atoms with Crippen molar-refractivity contribution in [2.45, 2.75) is 31.9 Å². The normalized spacial score (nSPS) is 11.2. The third-order valence-electron chi connectivity index (χ3n) is 3.99. The number of carboxylic acids is 1. The minimum absolute atomic E-state index is 0.0368. The van der Waals surface area contributed by atoms with Crippen LogP contribution in [0, 0.1) is 0 Å². The third kappa shape index (κ3) is 8.51. The molecule has 2 N–H and O–H groups in total. The van der Waals surface area contributed by atoms with Gasteiger partial charge in [-0.1, -0.05) is 36.4 Å². The molecule has 1 atom stereocenters. The minimum Gasteiger partial charge on any atom is -0.481 e. The number of aliphatic carboxylic acids is 1. The maximum atomic E-state index is 12.2. The predicted octanol–water partition coefficient (Wildman–Crippen LogP) is 1.90. The molecule has 1 heterocycles. The standard InChI is InChI=1S/C21H22N2O7/c24-18(14-29-20(27)9-8-15-7-4-10-22-12-15)17(11-19(25)26)23-21(28)30-13-16-5-2-1-3-6-16/h1-7,10,12,17H,8-9,11,13-14H2,(H,23,28)(H,25,26). The summed E-state index contributed by atoms with van der Waals surface area (Å²) in [6.07, 6.45) is 2.06. The highest BCUT2D eigenvalue weighted by molar-refractivity contribution is 5.92. The minimum atomic E-state index is -1.38. The Kier molecular flexibility index (Phi) is 8.98. The molecule has 0 aliphatic heterocycles. The highest BCUT2D eigenvalue weighted by Crippen LogP contribution is 2.04. The zero-order chi connectivity index (χ0) is 21.8. The van der Waals surface area contributed by atoms with Gasteiger partial charge in [0.05, 0.1) is 6.42 Å². The van der Waals surface area contributed by atoms with Gasteiger partial charge >= 0.3 is 18.0 Å². The molecule has 2 aromatic rings. The molecule has 0 saturated heterocycles. The van der Waals surface area contributed by atoms with Gasteiger partial charge in [-0.25, -0.2) is 4.79 Å². The Balaban J connectivity index is 1.79. The highest BCUT2D eigenvalue weighted by Gasteiger charge is 2.25. The zero-order valence-corrected chi connectivity index (χ0v) is 16.2. The maximum Gasteiger partial charge on any atom is 0.408 e. The Bertz CT molecular complexity index is 856. The average Bonchev–Trinajstić information content (AvgIpc) is 2.75. The van der Waals surface area contributed by atoms with E-state index >= 15 is 0 Å². The molecule has 9 heteroatoms. The summed E-state index contributed by atoms with van der Waals surface area (Å²) in [5.41, 5.74) is 1.57. The number of carbonyl (C=O) groups is 4. The van der Waals surface area contributed by atoms with Crippen LogP contribution in [-0.4, -0.2) is 46.6 Å². The van der Waals surface area contributed by atoms with Crippen LogP contribution in [0.4, 0.5) is 4.79 Å². The molecule has 158 valence electrons. The van der Waals surface area contributed by atoms with Crippen LogP contribution in [0.2, 0.25) is 0 Å². The summed E-state index contributed by atoms with van der Waals surface area (Å²) in [5, 5.41) is 11.2. The molecular formula is C21H22N2O7. The van der Waals surface area contributed by atoms with Crippen molar-refractivity contribution in [3.8, 4) is 0 Å². The Labute approximate surface area is 173 Å². The van der Waals surface area contributed by atoms with Crippen LogP contribution in [0.25, 0.3) is 0 Å². The first-order valence-electron chi connectivity index (χ1n) is 9.20. The van der Waals surface area contributed by atoms with Gasteiger partial charge in [0.15, 0.2) is 12.4 Å². The molecule has 0 aliphatic rings. The first-order chi connectivity index (χ1) is 14.4. The highest BCUT2D eigenvalue weighted by atomic mass is 16.5. The second kappa shape index (κ2) is 11.9. The van der Waals surface area contributed by atoms with Gasteiger partial charge in [-0.2, -0.15) is 0 Å². The quantitative estimate of drug-likeness (QED) is 0.533. The number of ketones is 1.